The molecule has 24 heavy (non-hydrogen) atoms. The van der Waals surface area contributed by atoms with Gasteiger partial charge in [-0.25, -0.2) is 9.59 Å². The monoisotopic (exact) mass is 334 g/mol. The van der Waals surface area contributed by atoms with E-state index >= 15 is 0 Å². The van der Waals surface area contributed by atoms with Crippen LogP contribution in [-0.4, -0.2) is 30.8 Å². The number of ether oxygens (including phenoxy) is 3. The number of carbonyl (C=O) groups is 2. The maximum absolute atomic E-state index is 12.2. The van der Waals surface area contributed by atoms with Crippen molar-refractivity contribution in [2.75, 3.05) is 13.2 Å². The van der Waals surface area contributed by atoms with E-state index in [1.165, 1.54) is 0 Å². The molecule has 5 nitrogen and oxygen atoms in total. The molecule has 0 amide bonds. The highest BCUT2D eigenvalue weighted by Crippen LogP contribution is 2.38. The molecule has 0 saturated heterocycles. The quantitative estimate of drug-likeness (QED) is 0.386. The minimum atomic E-state index is -0.953. The Labute approximate surface area is 143 Å². The van der Waals surface area contributed by atoms with E-state index in [0.717, 1.165) is 19.3 Å². The highest BCUT2D eigenvalue weighted by molar-refractivity contribution is 6.16. The zero-order valence-corrected chi connectivity index (χ0v) is 14.5. The van der Waals surface area contributed by atoms with Gasteiger partial charge in [0.1, 0.15) is 0 Å². The minimum Gasteiger partial charge on any atom is -0.492 e. The van der Waals surface area contributed by atoms with Crippen LogP contribution in [0.5, 0.6) is 0 Å². The molecule has 2 atom stereocenters. The fourth-order valence-electron chi connectivity index (χ4n) is 3.02. The van der Waals surface area contributed by atoms with E-state index in [1.54, 1.807) is 19.9 Å². The van der Waals surface area contributed by atoms with Gasteiger partial charge in [0.2, 0.25) is 0 Å². The molecule has 1 heterocycles. The average molecular weight is 334 g/mol. The summed E-state index contributed by atoms with van der Waals surface area (Å²) in [7, 11) is 0. The Morgan fingerprint density at radius 2 is 2.33 bits per heavy atom. The van der Waals surface area contributed by atoms with Crippen molar-refractivity contribution in [2.45, 2.75) is 51.6 Å². The Morgan fingerprint density at radius 3 is 2.96 bits per heavy atom. The molecule has 5 heteroatoms. The molecule has 0 fully saturated rings. The van der Waals surface area contributed by atoms with Crippen molar-refractivity contribution in [3.63, 3.8) is 0 Å². The van der Waals surface area contributed by atoms with Gasteiger partial charge in [-0.2, -0.15) is 0 Å². The van der Waals surface area contributed by atoms with Crippen molar-refractivity contribution < 1.29 is 23.8 Å². The molecule has 0 radical (unpaired) electrons. The number of allylic oxidation sites excluding steroid dienone is 2. The van der Waals surface area contributed by atoms with Crippen LogP contribution in [0, 0.1) is 5.92 Å². The Balaban J connectivity index is 2.24. The largest absolute Gasteiger partial charge is 0.492 e. The second-order valence-corrected chi connectivity index (χ2v) is 6.30. The van der Waals surface area contributed by atoms with Gasteiger partial charge < -0.3 is 14.2 Å². The molecule has 2 rings (SSSR count). The summed E-state index contributed by atoms with van der Waals surface area (Å²) in [6.07, 6.45) is 10.4. The summed E-state index contributed by atoms with van der Waals surface area (Å²) in [4.78, 5) is 24.4. The molecular weight excluding hydrogens is 308 g/mol. The van der Waals surface area contributed by atoms with Crippen LogP contribution in [0.15, 0.2) is 36.1 Å². The number of cyclic esters (lactones) is 1. The van der Waals surface area contributed by atoms with Crippen molar-refractivity contribution in [3.05, 3.63) is 36.1 Å². The third-order valence-electron chi connectivity index (χ3n) is 4.33. The molecule has 0 aromatic heterocycles. The van der Waals surface area contributed by atoms with Crippen LogP contribution in [0.25, 0.3) is 0 Å². The lowest BCUT2D eigenvalue weighted by atomic mass is 9.95. The molecule has 0 spiro atoms. The van der Waals surface area contributed by atoms with Crippen molar-refractivity contribution >= 4 is 11.9 Å². The maximum atomic E-state index is 12.2. The van der Waals surface area contributed by atoms with E-state index in [4.69, 9.17) is 14.2 Å². The number of carbonyl (C=O) groups excluding carboxylic acids is 2. The van der Waals surface area contributed by atoms with Gasteiger partial charge in [-0.15, -0.1) is 6.58 Å². The lowest BCUT2D eigenvalue weighted by Crippen LogP contribution is -2.30. The van der Waals surface area contributed by atoms with Gasteiger partial charge in [-0.05, 0) is 46.0 Å². The lowest BCUT2D eigenvalue weighted by Gasteiger charge is -2.27. The lowest BCUT2D eigenvalue weighted by molar-refractivity contribution is -0.150. The first-order valence-corrected chi connectivity index (χ1v) is 8.57. The third-order valence-corrected chi connectivity index (χ3v) is 4.33. The van der Waals surface area contributed by atoms with E-state index in [0.29, 0.717) is 25.2 Å². The van der Waals surface area contributed by atoms with E-state index in [-0.39, 0.29) is 18.1 Å². The number of esters is 2. The second-order valence-electron chi connectivity index (χ2n) is 6.30. The predicted molar refractivity (Wildman–Crippen MR) is 90.0 cm³/mol. The smallest absolute Gasteiger partial charge is 0.350 e. The molecule has 0 bridgehead atoms. The summed E-state index contributed by atoms with van der Waals surface area (Å²) >= 11 is 0. The van der Waals surface area contributed by atoms with Gasteiger partial charge in [0.15, 0.2) is 16.9 Å². The molecule has 0 saturated carbocycles. The molecule has 1 aliphatic carbocycles. The SMILES string of the molecule is C=CCC[C@@]1(C)OC(=O)C(C(=O)OCC)=C1OCC1C=CCCC1. The van der Waals surface area contributed by atoms with Crippen LogP contribution >= 0.6 is 0 Å². The van der Waals surface area contributed by atoms with E-state index in [1.807, 2.05) is 0 Å². The first-order chi connectivity index (χ1) is 11.5. The van der Waals surface area contributed by atoms with Crippen LogP contribution in [0.2, 0.25) is 0 Å². The van der Waals surface area contributed by atoms with Crippen molar-refractivity contribution in [1.29, 1.82) is 0 Å². The molecule has 0 aromatic carbocycles. The summed E-state index contributed by atoms with van der Waals surface area (Å²) in [5.41, 5.74) is -1.06. The molecule has 1 unspecified atom stereocenters. The molecule has 2 aliphatic rings. The highest BCUT2D eigenvalue weighted by Gasteiger charge is 2.48. The first kappa shape index (κ1) is 18.3. The fraction of sp³-hybridized carbons (Fsp3) is 0.579. The Hall–Kier alpha value is -2.04. The Morgan fingerprint density at radius 1 is 1.54 bits per heavy atom. The summed E-state index contributed by atoms with van der Waals surface area (Å²) in [6.45, 7) is 7.79. The van der Waals surface area contributed by atoms with Crippen molar-refractivity contribution in [1.82, 2.24) is 0 Å². The van der Waals surface area contributed by atoms with Crippen LogP contribution in [-0.2, 0) is 23.8 Å². The van der Waals surface area contributed by atoms with Gasteiger partial charge in [0.05, 0.1) is 13.2 Å². The summed E-state index contributed by atoms with van der Waals surface area (Å²) < 4.78 is 16.4. The van der Waals surface area contributed by atoms with Gasteiger partial charge in [0.25, 0.3) is 0 Å². The Bertz CT molecular complexity index is 560. The third kappa shape index (κ3) is 4.08. The predicted octanol–water partition coefficient (Wildman–Crippen LogP) is 3.46. The molecule has 132 valence electrons. The normalized spacial score (nSPS) is 26.2. The van der Waals surface area contributed by atoms with E-state index in [2.05, 4.69) is 18.7 Å². The zero-order valence-electron chi connectivity index (χ0n) is 14.5. The first-order valence-electron chi connectivity index (χ1n) is 8.57. The number of hydrogen-bond donors (Lipinski definition) is 0. The molecule has 1 aliphatic heterocycles. The van der Waals surface area contributed by atoms with Crippen LogP contribution < -0.4 is 0 Å². The zero-order chi connectivity index (χ0) is 17.6. The van der Waals surface area contributed by atoms with Gasteiger partial charge in [-0.1, -0.05) is 18.2 Å². The highest BCUT2D eigenvalue weighted by atomic mass is 16.6. The standard InChI is InChI=1S/C19H26O5/c1-4-6-12-19(3)16(23-13-14-10-8-7-9-11-14)15(18(21)24-19)17(20)22-5-2/h4,8,10,14H,1,5-7,9,11-13H2,2-3H3/t14?,19-/m1/s1. The van der Waals surface area contributed by atoms with Crippen LogP contribution in [0.1, 0.15) is 46.0 Å². The van der Waals surface area contributed by atoms with E-state index < -0.39 is 17.5 Å². The van der Waals surface area contributed by atoms with Gasteiger partial charge >= 0.3 is 11.9 Å². The Kier molecular flexibility index (Phi) is 6.23. The van der Waals surface area contributed by atoms with Gasteiger partial charge in [-0.3, -0.25) is 0 Å². The topological polar surface area (TPSA) is 61.8 Å². The van der Waals surface area contributed by atoms with Crippen molar-refractivity contribution in [3.8, 4) is 0 Å². The number of hydrogen-bond acceptors (Lipinski definition) is 5. The molecular formula is C19H26O5. The second kappa shape index (κ2) is 8.18. The number of rotatable bonds is 8. The minimum absolute atomic E-state index is 0.108. The van der Waals surface area contributed by atoms with E-state index in [9.17, 15) is 9.59 Å². The van der Waals surface area contributed by atoms with Gasteiger partial charge in [0, 0.05) is 5.92 Å². The summed E-state index contributed by atoms with van der Waals surface area (Å²) in [5, 5.41) is 0. The summed E-state index contributed by atoms with van der Waals surface area (Å²) in [5.74, 6) is -0.769. The molecule has 0 aromatic rings. The summed E-state index contributed by atoms with van der Waals surface area (Å²) in [6, 6.07) is 0. The van der Waals surface area contributed by atoms with Crippen LogP contribution in [0.4, 0.5) is 0 Å². The fourth-order valence-corrected chi connectivity index (χ4v) is 3.02. The maximum Gasteiger partial charge on any atom is 0.350 e. The molecule has 0 N–H and O–H groups in total. The van der Waals surface area contributed by atoms with Crippen LogP contribution in [0.3, 0.4) is 0 Å². The average Bonchev–Trinajstić information content (AvgIpc) is 2.82. The van der Waals surface area contributed by atoms with Crippen molar-refractivity contribution in [2.24, 2.45) is 5.92 Å².